The SMILES string of the molecule is CC(=O)NCCC(=O)c1cccc(OCC2CCCCC2)c1. The lowest BCUT2D eigenvalue weighted by molar-refractivity contribution is -0.118. The van der Waals surface area contributed by atoms with Crippen LogP contribution in [0.3, 0.4) is 0 Å². The molecular weight excluding hydrogens is 278 g/mol. The third kappa shape index (κ3) is 5.51. The number of hydrogen-bond acceptors (Lipinski definition) is 3. The van der Waals surface area contributed by atoms with Crippen LogP contribution in [-0.4, -0.2) is 24.8 Å². The van der Waals surface area contributed by atoms with Crippen molar-refractivity contribution < 1.29 is 14.3 Å². The molecule has 0 aromatic heterocycles. The molecule has 1 N–H and O–H groups in total. The van der Waals surface area contributed by atoms with E-state index in [0.717, 1.165) is 12.4 Å². The molecule has 1 aliphatic rings. The van der Waals surface area contributed by atoms with Gasteiger partial charge in [-0.05, 0) is 30.9 Å². The van der Waals surface area contributed by atoms with E-state index in [2.05, 4.69) is 5.32 Å². The molecule has 4 heteroatoms. The van der Waals surface area contributed by atoms with E-state index < -0.39 is 0 Å². The summed E-state index contributed by atoms with van der Waals surface area (Å²) in [5.41, 5.74) is 0.645. The fourth-order valence-electron chi connectivity index (χ4n) is 2.82. The zero-order chi connectivity index (χ0) is 15.8. The first-order valence-corrected chi connectivity index (χ1v) is 8.15. The van der Waals surface area contributed by atoms with Gasteiger partial charge in [0.25, 0.3) is 0 Å². The van der Waals surface area contributed by atoms with Crippen molar-refractivity contribution >= 4 is 11.7 Å². The molecule has 1 fully saturated rings. The largest absolute Gasteiger partial charge is 0.493 e. The van der Waals surface area contributed by atoms with Crippen LogP contribution in [0.5, 0.6) is 5.75 Å². The molecule has 0 spiro atoms. The summed E-state index contributed by atoms with van der Waals surface area (Å²) in [4.78, 5) is 22.9. The smallest absolute Gasteiger partial charge is 0.216 e. The van der Waals surface area contributed by atoms with Gasteiger partial charge in [0.05, 0.1) is 6.61 Å². The average Bonchev–Trinajstić information content (AvgIpc) is 2.54. The topological polar surface area (TPSA) is 55.4 Å². The van der Waals surface area contributed by atoms with Crippen LogP contribution in [0.15, 0.2) is 24.3 Å². The maximum Gasteiger partial charge on any atom is 0.216 e. The minimum atomic E-state index is -0.114. The highest BCUT2D eigenvalue weighted by molar-refractivity contribution is 5.96. The first kappa shape index (κ1) is 16.5. The van der Waals surface area contributed by atoms with Crippen LogP contribution in [0.2, 0.25) is 0 Å². The Labute approximate surface area is 132 Å². The average molecular weight is 303 g/mol. The third-order valence-corrected chi connectivity index (χ3v) is 4.09. The Bertz CT molecular complexity index is 507. The van der Waals surface area contributed by atoms with Gasteiger partial charge in [0.1, 0.15) is 5.75 Å². The Morgan fingerprint density at radius 2 is 2.00 bits per heavy atom. The Balaban J connectivity index is 1.83. The van der Waals surface area contributed by atoms with Gasteiger partial charge in [-0.2, -0.15) is 0 Å². The van der Waals surface area contributed by atoms with Crippen molar-refractivity contribution in [3.63, 3.8) is 0 Å². The van der Waals surface area contributed by atoms with Crippen molar-refractivity contribution in [3.05, 3.63) is 29.8 Å². The van der Waals surface area contributed by atoms with Gasteiger partial charge in [0.15, 0.2) is 5.78 Å². The molecule has 2 rings (SSSR count). The second kappa shape index (κ2) is 8.57. The number of hydrogen-bond donors (Lipinski definition) is 1. The summed E-state index contributed by atoms with van der Waals surface area (Å²) in [6, 6.07) is 7.35. The molecule has 0 atom stereocenters. The summed E-state index contributed by atoms with van der Waals surface area (Å²) in [5.74, 6) is 1.32. The van der Waals surface area contributed by atoms with Crippen molar-refractivity contribution in [1.29, 1.82) is 0 Å². The maximum atomic E-state index is 12.1. The molecule has 0 bridgehead atoms. The number of ketones is 1. The Morgan fingerprint density at radius 1 is 1.23 bits per heavy atom. The molecule has 1 aliphatic carbocycles. The fraction of sp³-hybridized carbons (Fsp3) is 0.556. The van der Waals surface area contributed by atoms with Crippen LogP contribution < -0.4 is 10.1 Å². The molecule has 1 aromatic rings. The molecule has 4 nitrogen and oxygen atoms in total. The lowest BCUT2D eigenvalue weighted by atomic mass is 9.90. The van der Waals surface area contributed by atoms with Crippen LogP contribution >= 0.6 is 0 Å². The normalized spacial score (nSPS) is 15.3. The summed E-state index contributed by atoms with van der Waals surface area (Å²) in [6.07, 6.45) is 6.75. The van der Waals surface area contributed by atoms with Crippen molar-refractivity contribution in [2.45, 2.75) is 45.4 Å². The standard InChI is InChI=1S/C18H25NO3/c1-14(20)19-11-10-18(21)16-8-5-9-17(12-16)22-13-15-6-3-2-4-7-15/h5,8-9,12,15H,2-4,6-7,10-11,13H2,1H3,(H,19,20). The number of amides is 1. The van der Waals surface area contributed by atoms with Crippen molar-refractivity contribution in [1.82, 2.24) is 5.32 Å². The number of rotatable bonds is 7. The van der Waals surface area contributed by atoms with Crippen LogP contribution in [0.25, 0.3) is 0 Å². The van der Waals surface area contributed by atoms with E-state index in [1.54, 1.807) is 12.1 Å². The highest BCUT2D eigenvalue weighted by Gasteiger charge is 2.14. The number of nitrogens with one attached hydrogen (secondary N) is 1. The summed E-state index contributed by atoms with van der Waals surface area (Å²) in [5, 5.41) is 2.64. The molecule has 1 amide bonds. The van der Waals surface area contributed by atoms with Crippen molar-refractivity contribution in [2.75, 3.05) is 13.2 Å². The minimum absolute atomic E-state index is 0.0249. The Morgan fingerprint density at radius 3 is 2.73 bits per heavy atom. The van der Waals surface area contributed by atoms with Gasteiger partial charge in [-0.25, -0.2) is 0 Å². The van der Waals surface area contributed by atoms with E-state index in [-0.39, 0.29) is 11.7 Å². The second-order valence-electron chi connectivity index (χ2n) is 6.00. The number of ether oxygens (including phenoxy) is 1. The van der Waals surface area contributed by atoms with E-state index >= 15 is 0 Å². The predicted molar refractivity (Wildman–Crippen MR) is 86.1 cm³/mol. The minimum Gasteiger partial charge on any atom is -0.493 e. The highest BCUT2D eigenvalue weighted by Crippen LogP contribution is 2.25. The first-order chi connectivity index (χ1) is 10.6. The van der Waals surface area contributed by atoms with Gasteiger partial charge >= 0.3 is 0 Å². The summed E-state index contributed by atoms with van der Waals surface area (Å²) in [7, 11) is 0. The Kier molecular flexibility index (Phi) is 6.44. The molecule has 0 saturated heterocycles. The van der Waals surface area contributed by atoms with Crippen molar-refractivity contribution in [2.24, 2.45) is 5.92 Å². The fourth-order valence-corrected chi connectivity index (χ4v) is 2.82. The van der Waals surface area contributed by atoms with Crippen molar-refractivity contribution in [3.8, 4) is 5.75 Å². The van der Waals surface area contributed by atoms with Crippen LogP contribution in [0.1, 0.15) is 55.8 Å². The van der Waals surface area contributed by atoms with E-state index in [4.69, 9.17) is 4.74 Å². The van der Waals surface area contributed by atoms with Crippen LogP contribution in [0, 0.1) is 5.92 Å². The second-order valence-corrected chi connectivity index (χ2v) is 6.00. The van der Waals surface area contributed by atoms with Gasteiger partial charge in [-0.15, -0.1) is 0 Å². The van der Waals surface area contributed by atoms with Gasteiger partial charge < -0.3 is 10.1 Å². The zero-order valence-corrected chi connectivity index (χ0v) is 13.3. The van der Waals surface area contributed by atoms with Gasteiger partial charge in [-0.3, -0.25) is 9.59 Å². The van der Waals surface area contributed by atoms with E-state index in [0.29, 0.717) is 24.4 Å². The predicted octanol–water partition coefficient (Wildman–Crippen LogP) is 3.35. The molecule has 1 aromatic carbocycles. The molecule has 0 unspecified atom stereocenters. The molecule has 120 valence electrons. The monoisotopic (exact) mass is 303 g/mol. The van der Waals surface area contributed by atoms with E-state index in [1.807, 2.05) is 12.1 Å². The summed E-state index contributed by atoms with van der Waals surface area (Å²) >= 11 is 0. The first-order valence-electron chi connectivity index (χ1n) is 8.15. The number of carbonyl (C=O) groups excluding carboxylic acids is 2. The maximum absolute atomic E-state index is 12.1. The molecule has 0 radical (unpaired) electrons. The van der Waals surface area contributed by atoms with Crippen LogP contribution in [-0.2, 0) is 4.79 Å². The lowest BCUT2D eigenvalue weighted by Crippen LogP contribution is -2.23. The Hall–Kier alpha value is -1.84. The quantitative estimate of drug-likeness (QED) is 0.786. The molecule has 0 aliphatic heterocycles. The van der Waals surface area contributed by atoms with Crippen LogP contribution in [0.4, 0.5) is 0 Å². The summed E-state index contributed by atoms with van der Waals surface area (Å²) in [6.45, 7) is 2.56. The number of Topliss-reactive ketones (excluding diaryl/α,β-unsaturated/α-hetero) is 1. The zero-order valence-electron chi connectivity index (χ0n) is 13.3. The van der Waals surface area contributed by atoms with Gasteiger partial charge in [0.2, 0.25) is 5.91 Å². The van der Waals surface area contributed by atoms with E-state index in [9.17, 15) is 9.59 Å². The number of benzene rings is 1. The summed E-state index contributed by atoms with van der Waals surface area (Å²) < 4.78 is 5.86. The molecule has 22 heavy (non-hydrogen) atoms. The lowest BCUT2D eigenvalue weighted by Gasteiger charge is -2.21. The molecular formula is C18H25NO3. The highest BCUT2D eigenvalue weighted by atomic mass is 16.5. The third-order valence-electron chi connectivity index (χ3n) is 4.09. The van der Waals surface area contributed by atoms with Gasteiger partial charge in [-0.1, -0.05) is 31.4 Å². The molecule has 1 saturated carbocycles. The molecule has 0 heterocycles. The van der Waals surface area contributed by atoms with Gasteiger partial charge in [0, 0.05) is 25.5 Å². The number of carbonyl (C=O) groups is 2. The van der Waals surface area contributed by atoms with E-state index in [1.165, 1.54) is 39.0 Å².